The van der Waals surface area contributed by atoms with Gasteiger partial charge in [-0.05, 0) is 29.3 Å². The van der Waals surface area contributed by atoms with Crippen LogP contribution in [0.15, 0.2) is 42.5 Å². The SMILES string of the molecule is CC1(c2ccc3ccccc3c2)NC(=O)N(CCN)C1=O. The molecule has 1 aliphatic rings. The first-order chi connectivity index (χ1) is 10.1. The van der Waals surface area contributed by atoms with Crippen LogP contribution in [-0.4, -0.2) is 29.9 Å². The van der Waals surface area contributed by atoms with E-state index < -0.39 is 5.54 Å². The van der Waals surface area contributed by atoms with Gasteiger partial charge in [0, 0.05) is 13.1 Å². The zero-order chi connectivity index (χ0) is 15.0. The molecule has 0 spiro atoms. The Morgan fingerprint density at radius 3 is 2.57 bits per heavy atom. The minimum atomic E-state index is -1.03. The first kappa shape index (κ1) is 13.6. The van der Waals surface area contributed by atoms with Gasteiger partial charge >= 0.3 is 6.03 Å². The third-order valence-corrected chi connectivity index (χ3v) is 3.95. The molecule has 2 aromatic rings. The van der Waals surface area contributed by atoms with Gasteiger partial charge in [0.05, 0.1) is 0 Å². The Balaban J connectivity index is 2.04. The smallest absolute Gasteiger partial charge is 0.325 e. The number of nitrogens with one attached hydrogen (secondary N) is 1. The summed E-state index contributed by atoms with van der Waals surface area (Å²) in [5, 5.41) is 4.91. The van der Waals surface area contributed by atoms with Gasteiger partial charge in [0.2, 0.25) is 0 Å². The van der Waals surface area contributed by atoms with Crippen molar-refractivity contribution in [3.63, 3.8) is 0 Å². The highest BCUT2D eigenvalue weighted by atomic mass is 16.2. The van der Waals surface area contributed by atoms with Crippen LogP contribution in [0, 0.1) is 0 Å². The predicted octanol–water partition coefficient (Wildman–Crippen LogP) is 1.57. The average Bonchev–Trinajstić information content (AvgIpc) is 2.71. The number of imide groups is 1. The van der Waals surface area contributed by atoms with Crippen molar-refractivity contribution in [2.75, 3.05) is 13.1 Å². The van der Waals surface area contributed by atoms with Crippen molar-refractivity contribution in [3.8, 4) is 0 Å². The Labute approximate surface area is 122 Å². The fraction of sp³-hybridized carbons (Fsp3) is 0.250. The number of hydrogen-bond donors (Lipinski definition) is 2. The number of hydrogen-bond acceptors (Lipinski definition) is 3. The molecule has 0 bridgehead atoms. The molecule has 5 heteroatoms. The normalized spacial score (nSPS) is 21.9. The quantitative estimate of drug-likeness (QED) is 0.839. The van der Waals surface area contributed by atoms with Crippen LogP contribution in [0.5, 0.6) is 0 Å². The molecule has 1 fully saturated rings. The second-order valence-corrected chi connectivity index (χ2v) is 5.36. The number of benzene rings is 2. The molecule has 1 unspecified atom stereocenters. The molecule has 0 aromatic heterocycles. The van der Waals surface area contributed by atoms with Gasteiger partial charge in [-0.15, -0.1) is 0 Å². The molecular weight excluding hydrogens is 266 g/mol. The topological polar surface area (TPSA) is 75.4 Å². The van der Waals surface area contributed by atoms with Gasteiger partial charge in [-0.2, -0.15) is 0 Å². The van der Waals surface area contributed by atoms with Crippen LogP contribution in [-0.2, 0) is 10.3 Å². The van der Waals surface area contributed by atoms with E-state index in [-0.39, 0.29) is 25.0 Å². The molecule has 1 saturated heterocycles. The Morgan fingerprint density at radius 1 is 1.14 bits per heavy atom. The molecule has 0 saturated carbocycles. The Kier molecular flexibility index (Phi) is 3.14. The predicted molar refractivity (Wildman–Crippen MR) is 80.6 cm³/mol. The second-order valence-electron chi connectivity index (χ2n) is 5.36. The average molecular weight is 283 g/mol. The number of rotatable bonds is 3. The maximum atomic E-state index is 12.6. The van der Waals surface area contributed by atoms with E-state index in [0.717, 1.165) is 16.3 Å². The van der Waals surface area contributed by atoms with Crippen molar-refractivity contribution in [1.29, 1.82) is 0 Å². The van der Waals surface area contributed by atoms with E-state index >= 15 is 0 Å². The first-order valence-electron chi connectivity index (χ1n) is 6.90. The van der Waals surface area contributed by atoms with Crippen molar-refractivity contribution in [2.45, 2.75) is 12.5 Å². The Morgan fingerprint density at radius 2 is 1.86 bits per heavy atom. The molecule has 0 aliphatic carbocycles. The number of nitrogens with zero attached hydrogens (tertiary/aromatic N) is 1. The zero-order valence-electron chi connectivity index (χ0n) is 11.8. The van der Waals surface area contributed by atoms with E-state index in [9.17, 15) is 9.59 Å². The maximum Gasteiger partial charge on any atom is 0.325 e. The van der Waals surface area contributed by atoms with E-state index in [1.807, 2.05) is 42.5 Å². The van der Waals surface area contributed by atoms with Gasteiger partial charge in [-0.3, -0.25) is 9.69 Å². The second kappa shape index (κ2) is 4.86. The first-order valence-corrected chi connectivity index (χ1v) is 6.90. The largest absolute Gasteiger partial charge is 0.329 e. The van der Waals surface area contributed by atoms with Crippen molar-refractivity contribution < 1.29 is 9.59 Å². The highest BCUT2D eigenvalue weighted by Crippen LogP contribution is 2.30. The molecule has 21 heavy (non-hydrogen) atoms. The van der Waals surface area contributed by atoms with E-state index in [1.54, 1.807) is 6.92 Å². The van der Waals surface area contributed by atoms with E-state index in [2.05, 4.69) is 5.32 Å². The molecule has 3 N–H and O–H groups in total. The summed E-state index contributed by atoms with van der Waals surface area (Å²) in [5.74, 6) is -0.256. The molecule has 3 amide bonds. The summed E-state index contributed by atoms with van der Waals surface area (Å²) in [6, 6.07) is 13.3. The van der Waals surface area contributed by atoms with E-state index in [4.69, 9.17) is 5.73 Å². The third kappa shape index (κ3) is 2.06. The summed E-state index contributed by atoms with van der Waals surface area (Å²) in [7, 11) is 0. The zero-order valence-corrected chi connectivity index (χ0v) is 11.8. The Bertz CT molecular complexity index is 728. The van der Waals surface area contributed by atoms with Gasteiger partial charge in [0.15, 0.2) is 0 Å². The number of carbonyl (C=O) groups excluding carboxylic acids is 2. The van der Waals surface area contributed by atoms with Crippen LogP contribution in [0.4, 0.5) is 4.79 Å². The lowest BCUT2D eigenvalue weighted by Crippen LogP contribution is -2.41. The van der Waals surface area contributed by atoms with Crippen LogP contribution < -0.4 is 11.1 Å². The fourth-order valence-corrected chi connectivity index (χ4v) is 2.73. The van der Waals surface area contributed by atoms with E-state index in [1.165, 1.54) is 4.90 Å². The van der Waals surface area contributed by atoms with E-state index in [0.29, 0.717) is 0 Å². The van der Waals surface area contributed by atoms with Crippen molar-refractivity contribution >= 4 is 22.7 Å². The molecule has 108 valence electrons. The lowest BCUT2D eigenvalue weighted by atomic mass is 9.90. The van der Waals surface area contributed by atoms with Crippen LogP contribution in [0.1, 0.15) is 12.5 Å². The fourth-order valence-electron chi connectivity index (χ4n) is 2.73. The highest BCUT2D eigenvalue weighted by Gasteiger charge is 2.48. The number of fused-ring (bicyclic) bond motifs is 1. The van der Waals surface area contributed by atoms with Gasteiger partial charge in [-0.1, -0.05) is 36.4 Å². The molecule has 1 heterocycles. The van der Waals surface area contributed by atoms with Crippen LogP contribution in [0.2, 0.25) is 0 Å². The molecule has 1 aliphatic heterocycles. The number of carbonyl (C=O) groups is 2. The summed E-state index contributed by atoms with van der Waals surface area (Å²) in [6.07, 6.45) is 0. The van der Waals surface area contributed by atoms with Crippen LogP contribution in [0.3, 0.4) is 0 Å². The highest BCUT2D eigenvalue weighted by molar-refractivity contribution is 6.07. The Hall–Kier alpha value is -2.40. The van der Waals surface area contributed by atoms with Crippen molar-refractivity contribution in [1.82, 2.24) is 10.2 Å². The summed E-state index contributed by atoms with van der Waals surface area (Å²) in [5.41, 5.74) is 5.21. The van der Waals surface area contributed by atoms with Crippen LogP contribution in [0.25, 0.3) is 10.8 Å². The summed E-state index contributed by atoms with van der Waals surface area (Å²) >= 11 is 0. The third-order valence-electron chi connectivity index (χ3n) is 3.95. The molecule has 0 radical (unpaired) electrons. The minimum Gasteiger partial charge on any atom is -0.329 e. The monoisotopic (exact) mass is 283 g/mol. The number of urea groups is 1. The van der Waals surface area contributed by atoms with Gasteiger partial charge in [0.1, 0.15) is 5.54 Å². The molecule has 1 atom stereocenters. The minimum absolute atomic E-state index is 0.230. The summed E-state index contributed by atoms with van der Waals surface area (Å²) in [4.78, 5) is 25.7. The summed E-state index contributed by atoms with van der Waals surface area (Å²) in [6.45, 7) is 2.22. The van der Waals surface area contributed by atoms with Crippen LogP contribution >= 0.6 is 0 Å². The molecule has 5 nitrogen and oxygen atoms in total. The van der Waals surface area contributed by atoms with Crippen molar-refractivity contribution in [3.05, 3.63) is 48.0 Å². The lowest BCUT2D eigenvalue weighted by molar-refractivity contribution is -0.131. The molecule has 2 aromatic carbocycles. The van der Waals surface area contributed by atoms with Crippen molar-refractivity contribution in [2.24, 2.45) is 5.73 Å². The van der Waals surface area contributed by atoms with Gasteiger partial charge in [-0.25, -0.2) is 4.79 Å². The number of amides is 3. The van der Waals surface area contributed by atoms with Gasteiger partial charge in [0.25, 0.3) is 5.91 Å². The molecular formula is C16H17N3O2. The summed E-state index contributed by atoms with van der Waals surface area (Å²) < 4.78 is 0. The lowest BCUT2D eigenvalue weighted by Gasteiger charge is -2.22. The maximum absolute atomic E-state index is 12.6. The number of nitrogens with two attached hydrogens (primary N) is 1. The van der Waals surface area contributed by atoms with Gasteiger partial charge < -0.3 is 11.1 Å². The molecule has 3 rings (SSSR count). The standard InChI is InChI=1S/C16H17N3O2/c1-16(14(20)19(9-8-17)15(21)18-16)13-7-6-11-4-2-3-5-12(11)10-13/h2-7,10H,8-9,17H2,1H3,(H,18,21).